The quantitative estimate of drug-likeness (QED) is 0.885. The summed E-state index contributed by atoms with van der Waals surface area (Å²) in [5.41, 5.74) is 0.662. The highest BCUT2D eigenvalue weighted by molar-refractivity contribution is 7.94. The lowest BCUT2D eigenvalue weighted by Gasteiger charge is -2.19. The van der Waals surface area contributed by atoms with Gasteiger partial charge in [0, 0.05) is 11.8 Å². The molecule has 0 spiro atoms. The van der Waals surface area contributed by atoms with E-state index in [1.807, 2.05) is 0 Å². The minimum atomic E-state index is -3.81. The van der Waals surface area contributed by atoms with Crippen molar-refractivity contribution in [3.05, 3.63) is 33.6 Å². The predicted molar refractivity (Wildman–Crippen MR) is 77.9 cm³/mol. The maximum atomic E-state index is 12.3. The first kappa shape index (κ1) is 14.0. The Morgan fingerprint density at radius 1 is 1.24 bits per heavy atom. The van der Waals surface area contributed by atoms with Gasteiger partial charge in [-0.15, -0.1) is 0 Å². The van der Waals surface area contributed by atoms with Crippen LogP contribution in [0.3, 0.4) is 0 Å². The smallest absolute Gasteiger partial charge is 0.306 e. The monoisotopic (exact) mass is 328 g/mol. The maximum absolute atomic E-state index is 12.3. The zero-order valence-corrected chi connectivity index (χ0v) is 12.6. The van der Waals surface area contributed by atoms with Crippen molar-refractivity contribution in [2.24, 2.45) is 0 Å². The molecular weight excluding hydrogens is 316 g/mol. The molecule has 1 aliphatic heterocycles. The van der Waals surface area contributed by atoms with Crippen LogP contribution in [0.5, 0.6) is 11.5 Å². The van der Waals surface area contributed by atoms with E-state index in [1.54, 1.807) is 18.2 Å². The van der Waals surface area contributed by atoms with Gasteiger partial charge < -0.3 is 14.5 Å². The van der Waals surface area contributed by atoms with Crippen LogP contribution in [0.4, 0.5) is 5.69 Å². The van der Waals surface area contributed by atoms with E-state index in [9.17, 15) is 13.2 Å². The molecule has 2 N–H and O–H groups in total. The van der Waals surface area contributed by atoms with Gasteiger partial charge in [0.15, 0.2) is 15.7 Å². The van der Waals surface area contributed by atoms with Crippen LogP contribution in [0.2, 0.25) is 0 Å². The highest BCUT2D eigenvalue weighted by Gasteiger charge is 2.21. The number of benzene rings is 1. The van der Waals surface area contributed by atoms with E-state index in [4.69, 9.17) is 9.47 Å². The fourth-order valence-corrected chi connectivity index (χ4v) is 4.31. The molecule has 7 nitrogen and oxygen atoms in total. The third-order valence-corrected chi connectivity index (χ3v) is 5.81. The minimum absolute atomic E-state index is 0.0256. The number of aryl methyl sites for hydroxylation is 1. The number of ether oxygens (including phenoxy) is 2. The second kappa shape index (κ2) is 5.08. The van der Waals surface area contributed by atoms with Crippen molar-refractivity contribution in [3.63, 3.8) is 0 Å². The summed E-state index contributed by atoms with van der Waals surface area (Å²) < 4.78 is 37.7. The molecule has 0 aliphatic carbocycles. The molecule has 1 aromatic heterocycles. The molecule has 1 aromatic carbocycles. The topological polar surface area (TPSA) is 97.5 Å². The van der Waals surface area contributed by atoms with E-state index in [2.05, 4.69) is 9.71 Å². The van der Waals surface area contributed by atoms with Crippen LogP contribution in [0.25, 0.3) is 0 Å². The fraction of sp³-hybridized carbons (Fsp3) is 0.250. The number of aromatic amines is 1. The Morgan fingerprint density at radius 2 is 1.95 bits per heavy atom. The van der Waals surface area contributed by atoms with Crippen molar-refractivity contribution in [2.45, 2.75) is 11.1 Å². The molecule has 112 valence electrons. The number of hydrogen-bond donors (Lipinski definition) is 2. The van der Waals surface area contributed by atoms with Crippen LogP contribution in [0.15, 0.2) is 27.2 Å². The molecule has 0 fully saturated rings. The zero-order chi connectivity index (χ0) is 15.0. The second-order valence-electron chi connectivity index (χ2n) is 4.39. The Morgan fingerprint density at radius 3 is 2.62 bits per heavy atom. The first-order valence-electron chi connectivity index (χ1n) is 6.08. The third-order valence-electron chi connectivity index (χ3n) is 2.82. The number of thiazole rings is 1. The van der Waals surface area contributed by atoms with Gasteiger partial charge in [0.1, 0.15) is 13.2 Å². The highest BCUT2D eigenvalue weighted by atomic mass is 32.2. The minimum Gasteiger partial charge on any atom is -0.486 e. The summed E-state index contributed by atoms with van der Waals surface area (Å²) in [6, 6.07) is 4.77. The number of nitrogens with one attached hydrogen (secondary N) is 2. The van der Waals surface area contributed by atoms with Crippen molar-refractivity contribution in [1.82, 2.24) is 4.98 Å². The first-order chi connectivity index (χ1) is 9.95. The highest BCUT2D eigenvalue weighted by Crippen LogP contribution is 2.33. The molecule has 3 rings (SSSR count). The first-order valence-corrected chi connectivity index (χ1v) is 8.38. The normalized spacial score (nSPS) is 14.0. The van der Waals surface area contributed by atoms with Gasteiger partial charge in [0.05, 0.1) is 5.69 Å². The number of hydrogen-bond acceptors (Lipinski definition) is 6. The summed E-state index contributed by atoms with van der Waals surface area (Å²) in [6.45, 7) is 2.42. The molecule has 21 heavy (non-hydrogen) atoms. The Kier molecular flexibility index (Phi) is 3.38. The van der Waals surface area contributed by atoms with Crippen molar-refractivity contribution < 1.29 is 17.9 Å². The number of H-pyrrole nitrogens is 1. The van der Waals surface area contributed by atoms with Crippen molar-refractivity contribution in [2.75, 3.05) is 17.9 Å². The number of sulfonamides is 1. The Labute approximate surface area is 124 Å². The number of fused-ring (bicyclic) bond motifs is 1. The lowest BCUT2D eigenvalue weighted by molar-refractivity contribution is 0.171. The molecule has 0 atom stereocenters. The average Bonchev–Trinajstić information content (AvgIpc) is 2.78. The van der Waals surface area contributed by atoms with Crippen molar-refractivity contribution in [1.29, 1.82) is 0 Å². The summed E-state index contributed by atoms with van der Waals surface area (Å²) in [7, 11) is -3.81. The van der Waals surface area contributed by atoms with Crippen LogP contribution in [0, 0.1) is 6.92 Å². The molecule has 0 bridgehead atoms. The van der Waals surface area contributed by atoms with Crippen molar-refractivity contribution >= 4 is 27.0 Å². The average molecular weight is 328 g/mol. The van der Waals surface area contributed by atoms with E-state index in [0.717, 1.165) is 0 Å². The number of aromatic nitrogens is 1. The Hall–Kier alpha value is -2.00. The van der Waals surface area contributed by atoms with Gasteiger partial charge in [-0.3, -0.25) is 9.52 Å². The number of anilines is 1. The molecule has 1 aliphatic rings. The fourth-order valence-electron chi connectivity index (χ4n) is 1.96. The lowest BCUT2D eigenvalue weighted by atomic mass is 10.3. The summed E-state index contributed by atoms with van der Waals surface area (Å²) in [5.74, 6) is 1.06. The Bertz CT molecular complexity index is 838. The van der Waals surface area contributed by atoms with Crippen LogP contribution in [-0.2, 0) is 10.0 Å². The van der Waals surface area contributed by atoms with Gasteiger partial charge >= 0.3 is 4.87 Å². The van der Waals surface area contributed by atoms with Gasteiger partial charge in [-0.2, -0.15) is 0 Å². The second-order valence-corrected chi connectivity index (χ2v) is 7.25. The SMILES string of the molecule is Cc1[nH]c(=O)sc1S(=O)(=O)Nc1ccc2c(c1)OCCO2. The van der Waals surface area contributed by atoms with Gasteiger partial charge in [0.2, 0.25) is 0 Å². The van der Waals surface area contributed by atoms with Crippen LogP contribution in [-0.4, -0.2) is 26.6 Å². The van der Waals surface area contributed by atoms with E-state index in [-0.39, 0.29) is 4.21 Å². The lowest BCUT2D eigenvalue weighted by Crippen LogP contribution is -2.16. The van der Waals surface area contributed by atoms with Crippen LogP contribution in [0.1, 0.15) is 5.69 Å². The molecule has 0 saturated heterocycles. The third kappa shape index (κ3) is 2.74. The molecule has 9 heteroatoms. The van der Waals surface area contributed by atoms with Gasteiger partial charge in [-0.25, -0.2) is 8.42 Å². The molecule has 2 heterocycles. The summed E-state index contributed by atoms with van der Waals surface area (Å²) in [5, 5.41) is 0. The molecule has 2 aromatic rings. The molecule has 0 saturated carbocycles. The summed E-state index contributed by atoms with van der Waals surface area (Å²) in [6.07, 6.45) is 0. The molecule has 0 unspecified atom stereocenters. The molecular formula is C12H12N2O5S2. The van der Waals surface area contributed by atoms with E-state index in [1.165, 1.54) is 6.92 Å². The molecule has 0 amide bonds. The van der Waals surface area contributed by atoms with Gasteiger partial charge in [-0.05, 0) is 19.1 Å². The summed E-state index contributed by atoms with van der Waals surface area (Å²) in [4.78, 5) is 13.3. The van der Waals surface area contributed by atoms with E-state index >= 15 is 0 Å². The van der Waals surface area contributed by atoms with Crippen molar-refractivity contribution in [3.8, 4) is 11.5 Å². The Balaban J connectivity index is 1.92. The molecule has 0 radical (unpaired) electrons. The zero-order valence-electron chi connectivity index (χ0n) is 11.0. The maximum Gasteiger partial charge on any atom is 0.306 e. The predicted octanol–water partition coefficient (Wildman–Crippen LogP) is 1.32. The van der Waals surface area contributed by atoms with Crippen LogP contribution < -0.4 is 19.1 Å². The largest absolute Gasteiger partial charge is 0.486 e. The van der Waals surface area contributed by atoms with E-state index < -0.39 is 14.9 Å². The standard InChI is InChI=1S/C12H12N2O5S2/c1-7-11(20-12(15)13-7)21(16,17)14-8-2-3-9-10(6-8)19-5-4-18-9/h2-3,6,14H,4-5H2,1H3,(H,13,15). The van der Waals surface area contributed by atoms with Gasteiger partial charge in [-0.1, -0.05) is 11.3 Å². The van der Waals surface area contributed by atoms with Crippen LogP contribution >= 0.6 is 11.3 Å². The van der Waals surface area contributed by atoms with Gasteiger partial charge in [0.25, 0.3) is 10.0 Å². The number of rotatable bonds is 3. The van der Waals surface area contributed by atoms with E-state index in [0.29, 0.717) is 47.4 Å². The summed E-state index contributed by atoms with van der Waals surface area (Å²) >= 11 is 0.652.